The van der Waals surface area contributed by atoms with E-state index in [9.17, 15) is 34.4 Å². The smallest absolute Gasteiger partial charge is 0.306 e. The molecule has 0 aliphatic carbocycles. The van der Waals surface area contributed by atoms with Crippen molar-refractivity contribution in [2.45, 2.75) is 160 Å². The van der Waals surface area contributed by atoms with Gasteiger partial charge < -0.3 is 43.2 Å². The molecule has 0 amide bonds. The van der Waals surface area contributed by atoms with Crippen LogP contribution in [-0.2, 0) is 32.7 Å². The maximum Gasteiger partial charge on any atom is 0.306 e. The summed E-state index contributed by atoms with van der Waals surface area (Å²) in [5.74, 6) is -1.07. The zero-order valence-corrected chi connectivity index (χ0v) is 37.9. The average Bonchev–Trinajstić information content (AvgIpc) is 3.17. The number of ether oxygens (including phenoxy) is 2. The third-order valence-corrected chi connectivity index (χ3v) is 10.0. The van der Waals surface area contributed by atoms with E-state index in [0.717, 1.165) is 25.7 Å². The summed E-state index contributed by atoms with van der Waals surface area (Å²) in [6, 6.07) is 0. The first kappa shape index (κ1) is 56.3. The molecule has 0 aliphatic rings. The van der Waals surface area contributed by atoms with Gasteiger partial charge in [0.2, 0.25) is 0 Å². The van der Waals surface area contributed by atoms with E-state index in [-0.39, 0.29) is 26.1 Å². The van der Waals surface area contributed by atoms with E-state index in [0.29, 0.717) is 36.7 Å². The predicted molar refractivity (Wildman–Crippen MR) is 235 cm³/mol. The lowest BCUT2D eigenvalue weighted by molar-refractivity contribution is -0.870. The first-order chi connectivity index (χ1) is 28.2. The third-order valence-electron chi connectivity index (χ3n) is 9.07. The summed E-state index contributed by atoms with van der Waals surface area (Å²) in [4.78, 5) is 37.5. The highest BCUT2D eigenvalue weighted by atomic mass is 31.2. The number of aliphatic hydroxyl groups is 3. The van der Waals surface area contributed by atoms with Crippen LogP contribution in [0.5, 0.6) is 0 Å². The molecule has 0 fully saturated rings. The highest BCUT2D eigenvalue weighted by molar-refractivity contribution is 7.45. The number of phosphoric acid groups is 1. The number of allylic oxidation sites excluding steroid dienone is 8. The Balaban J connectivity index is 4.70. The Labute approximate surface area is 356 Å². The fourth-order valence-corrected chi connectivity index (χ4v) is 6.20. The van der Waals surface area contributed by atoms with Crippen LogP contribution in [0.2, 0.25) is 0 Å². The largest absolute Gasteiger partial charge is 0.756 e. The van der Waals surface area contributed by atoms with E-state index in [1.807, 2.05) is 40.2 Å². The summed E-state index contributed by atoms with van der Waals surface area (Å²) in [7, 11) is 0.995. The number of rotatable bonds is 38. The Kier molecular flexibility index (Phi) is 35.4. The highest BCUT2D eigenvalue weighted by Gasteiger charge is 2.21. The molecule has 0 spiro atoms. The normalized spacial score (nSPS) is 15.9. The molecule has 0 heterocycles. The minimum absolute atomic E-state index is 0.0176. The lowest BCUT2D eigenvalue weighted by atomic mass is 10.0. The number of phosphoric ester groups is 1. The van der Waals surface area contributed by atoms with Gasteiger partial charge in [-0.2, -0.15) is 0 Å². The van der Waals surface area contributed by atoms with Crippen molar-refractivity contribution in [3.8, 4) is 0 Å². The fraction of sp³-hybridized carbons (Fsp3) is 0.696. The van der Waals surface area contributed by atoms with Crippen LogP contribution in [0.3, 0.4) is 0 Å². The number of hydrogen-bond acceptors (Lipinski definition) is 11. The summed E-state index contributed by atoms with van der Waals surface area (Å²) in [5.41, 5.74) is 0. The van der Waals surface area contributed by atoms with E-state index in [4.69, 9.17) is 18.5 Å². The number of hydrogen-bond donors (Lipinski definition) is 3. The number of carbonyl (C=O) groups excluding carboxylic acids is 2. The van der Waals surface area contributed by atoms with Crippen LogP contribution in [-0.4, -0.2) is 104 Å². The van der Waals surface area contributed by atoms with Gasteiger partial charge in [-0.15, -0.1) is 0 Å². The van der Waals surface area contributed by atoms with Gasteiger partial charge in [0.05, 0.1) is 46.1 Å². The van der Waals surface area contributed by atoms with E-state index >= 15 is 0 Å². The molecule has 3 N–H and O–H groups in total. The Morgan fingerprint density at radius 2 is 1.22 bits per heavy atom. The lowest BCUT2D eigenvalue weighted by Crippen LogP contribution is -2.37. The van der Waals surface area contributed by atoms with E-state index in [1.54, 1.807) is 54.7 Å². The Morgan fingerprint density at radius 3 is 1.81 bits per heavy atom. The monoisotopic (exact) mass is 854 g/mol. The highest BCUT2D eigenvalue weighted by Crippen LogP contribution is 2.38. The first-order valence-electron chi connectivity index (χ1n) is 22.0. The van der Waals surface area contributed by atoms with Crippen LogP contribution in [0.1, 0.15) is 136 Å². The molecule has 0 aliphatic heterocycles. The number of nitrogens with zero attached hydrogens (tertiary/aromatic N) is 1. The van der Waals surface area contributed by atoms with Crippen LogP contribution >= 0.6 is 7.82 Å². The van der Waals surface area contributed by atoms with Gasteiger partial charge in [0.25, 0.3) is 7.82 Å². The van der Waals surface area contributed by atoms with Crippen molar-refractivity contribution in [2.24, 2.45) is 0 Å². The van der Waals surface area contributed by atoms with Gasteiger partial charge in [-0.1, -0.05) is 164 Å². The van der Waals surface area contributed by atoms with Crippen molar-refractivity contribution < 1.29 is 57.4 Å². The van der Waals surface area contributed by atoms with Gasteiger partial charge in [-0.05, 0) is 32.1 Å². The second kappa shape index (κ2) is 37.1. The van der Waals surface area contributed by atoms with E-state index in [2.05, 4.69) is 6.92 Å². The summed E-state index contributed by atoms with van der Waals surface area (Å²) >= 11 is 0. The van der Waals surface area contributed by atoms with Gasteiger partial charge >= 0.3 is 11.9 Å². The molecular weight excluding hydrogens is 773 g/mol. The van der Waals surface area contributed by atoms with Crippen molar-refractivity contribution >= 4 is 19.8 Å². The molecule has 13 heteroatoms. The van der Waals surface area contributed by atoms with Gasteiger partial charge in [-0.3, -0.25) is 14.2 Å². The summed E-state index contributed by atoms with van der Waals surface area (Å²) in [6.45, 7) is 3.68. The number of unbranched alkanes of at least 4 members (excludes halogenated alkanes) is 12. The van der Waals surface area contributed by atoms with Gasteiger partial charge in [0.15, 0.2) is 6.10 Å². The van der Waals surface area contributed by atoms with Crippen LogP contribution in [0.15, 0.2) is 72.9 Å². The van der Waals surface area contributed by atoms with Crippen LogP contribution < -0.4 is 4.89 Å². The molecule has 0 saturated carbocycles. The Hall–Kier alpha value is -2.67. The molecule has 0 aromatic heterocycles. The second-order valence-corrected chi connectivity index (χ2v) is 17.3. The molecule has 0 aromatic rings. The SMILES string of the molecule is CC/C=C\CC(O)C(O)/C=C/C=C\C=C\C=C\C(O)C/C=C/CCC(=O)OC(COC(=O)CCCCCCCCCCCCCCC)COP(=O)([O-])OCC[N+](C)(C)C. The molecule has 5 atom stereocenters. The minimum atomic E-state index is -4.69. The van der Waals surface area contributed by atoms with E-state index < -0.39 is 50.8 Å². The van der Waals surface area contributed by atoms with Gasteiger partial charge in [-0.25, -0.2) is 0 Å². The predicted octanol–water partition coefficient (Wildman–Crippen LogP) is 8.52. The molecule has 0 rings (SSSR count). The van der Waals surface area contributed by atoms with Gasteiger partial charge in [0.1, 0.15) is 19.8 Å². The Bertz CT molecular complexity index is 1290. The van der Waals surface area contributed by atoms with Gasteiger partial charge in [0, 0.05) is 12.8 Å². The molecule has 0 saturated heterocycles. The lowest BCUT2D eigenvalue weighted by Gasteiger charge is -2.28. The number of quaternary nitrogens is 1. The summed E-state index contributed by atoms with van der Waals surface area (Å²) < 4.78 is 33.6. The number of esters is 2. The van der Waals surface area contributed by atoms with Crippen molar-refractivity contribution in [2.75, 3.05) is 47.5 Å². The summed E-state index contributed by atoms with van der Waals surface area (Å²) in [5, 5.41) is 30.1. The standard InChI is InChI=1S/C46H80NO11P/c1-6-8-10-11-12-13-14-15-16-17-18-23-29-35-45(51)55-39-42(40-57-59(53,54)56-38-37-47(3,4)5)58-46(52)36-30-24-27-32-41(48)31-26-21-19-20-22-28-34-44(50)43(49)33-25-9-7-2/h9,19-22,24-28,31,34,41-44,48-50H,6-8,10-18,23,29-30,32-33,35-40H2,1-5H3/b21-19+,22-20-,25-9-,27-24+,31-26+,34-28+. The quantitative estimate of drug-likeness (QED) is 0.0136. The zero-order valence-electron chi connectivity index (χ0n) is 37.0. The molecule has 5 unspecified atom stereocenters. The number of aliphatic hydroxyl groups excluding tert-OH is 3. The van der Waals surface area contributed by atoms with Crippen LogP contribution in [0.4, 0.5) is 0 Å². The topological polar surface area (TPSA) is 172 Å². The third kappa shape index (κ3) is 39.2. The van der Waals surface area contributed by atoms with E-state index in [1.165, 1.54) is 63.9 Å². The van der Waals surface area contributed by atoms with Crippen LogP contribution in [0, 0.1) is 0 Å². The number of likely N-dealkylation sites (N-methyl/N-ethyl adjacent to an activating group) is 1. The minimum Gasteiger partial charge on any atom is -0.756 e. The molecule has 0 radical (unpaired) electrons. The average molecular weight is 854 g/mol. The molecule has 59 heavy (non-hydrogen) atoms. The summed E-state index contributed by atoms with van der Waals surface area (Å²) in [6.07, 6.45) is 34.7. The molecule has 0 bridgehead atoms. The van der Waals surface area contributed by atoms with Crippen molar-refractivity contribution in [3.63, 3.8) is 0 Å². The molecule has 340 valence electrons. The maximum atomic E-state index is 12.7. The van der Waals surface area contributed by atoms with Crippen LogP contribution in [0.25, 0.3) is 0 Å². The first-order valence-corrected chi connectivity index (χ1v) is 23.4. The molecule has 12 nitrogen and oxygen atoms in total. The fourth-order valence-electron chi connectivity index (χ4n) is 5.47. The molecular formula is C46H80NO11P. The number of carbonyl (C=O) groups is 2. The maximum absolute atomic E-state index is 12.7. The zero-order chi connectivity index (χ0) is 44.0. The Morgan fingerprint density at radius 1 is 0.661 bits per heavy atom. The van der Waals surface area contributed by atoms with Crippen molar-refractivity contribution in [1.29, 1.82) is 0 Å². The van der Waals surface area contributed by atoms with Crippen molar-refractivity contribution in [3.05, 3.63) is 72.9 Å². The van der Waals surface area contributed by atoms with Crippen molar-refractivity contribution in [1.82, 2.24) is 0 Å². The second-order valence-electron chi connectivity index (χ2n) is 15.9. The molecule has 0 aromatic carbocycles.